The molecular formula is C10H13NO2. The maximum atomic E-state index is 10.1. The van der Waals surface area contributed by atoms with Crippen LogP contribution < -0.4 is 10.1 Å². The average Bonchev–Trinajstić information content (AvgIpc) is 2.17. The third kappa shape index (κ3) is 3.60. The van der Waals surface area contributed by atoms with E-state index in [1.54, 1.807) is 0 Å². The summed E-state index contributed by atoms with van der Waals surface area (Å²) >= 11 is 0. The second kappa shape index (κ2) is 5.19. The standard InChI is InChI=1S/C10H13NO2/c1-9(11-8-12)7-13-10-5-3-2-4-6-10/h2-6,8-9H,7H2,1H3,(H,11,12)/t9-/m1/s1. The van der Waals surface area contributed by atoms with Gasteiger partial charge >= 0.3 is 0 Å². The molecule has 1 atom stereocenters. The molecule has 0 aliphatic carbocycles. The lowest BCUT2D eigenvalue weighted by atomic mass is 10.3. The second-order valence-electron chi connectivity index (χ2n) is 2.81. The Morgan fingerprint density at radius 3 is 2.77 bits per heavy atom. The fourth-order valence-electron chi connectivity index (χ4n) is 0.902. The van der Waals surface area contributed by atoms with Gasteiger partial charge in [-0.1, -0.05) is 18.2 Å². The minimum absolute atomic E-state index is 0.0395. The number of carbonyl (C=O) groups excluding carboxylic acids is 1. The van der Waals surface area contributed by atoms with Crippen molar-refractivity contribution in [3.05, 3.63) is 30.3 Å². The molecule has 0 spiro atoms. The number of carbonyl (C=O) groups is 1. The van der Waals surface area contributed by atoms with Gasteiger partial charge in [-0.2, -0.15) is 0 Å². The minimum atomic E-state index is 0.0395. The first kappa shape index (κ1) is 9.58. The SMILES string of the molecule is C[C@H](COc1ccccc1)NC=O. The predicted octanol–water partition coefficient (Wildman–Crippen LogP) is 1.20. The fourth-order valence-corrected chi connectivity index (χ4v) is 0.902. The summed E-state index contributed by atoms with van der Waals surface area (Å²) in [4.78, 5) is 10.1. The lowest BCUT2D eigenvalue weighted by Crippen LogP contribution is -2.30. The van der Waals surface area contributed by atoms with Crippen molar-refractivity contribution in [2.24, 2.45) is 0 Å². The third-order valence-electron chi connectivity index (χ3n) is 1.60. The van der Waals surface area contributed by atoms with Crippen LogP contribution in [0.25, 0.3) is 0 Å². The van der Waals surface area contributed by atoms with E-state index in [4.69, 9.17) is 4.74 Å². The molecule has 0 saturated heterocycles. The van der Waals surface area contributed by atoms with Crippen molar-refractivity contribution in [2.45, 2.75) is 13.0 Å². The Morgan fingerprint density at radius 2 is 2.15 bits per heavy atom. The zero-order valence-electron chi connectivity index (χ0n) is 7.57. The van der Waals surface area contributed by atoms with Crippen LogP contribution in [0.15, 0.2) is 30.3 Å². The summed E-state index contributed by atoms with van der Waals surface area (Å²) in [5.41, 5.74) is 0. The van der Waals surface area contributed by atoms with Gasteiger partial charge in [0.15, 0.2) is 0 Å². The molecule has 0 radical (unpaired) electrons. The first-order valence-electron chi connectivity index (χ1n) is 4.20. The van der Waals surface area contributed by atoms with Crippen molar-refractivity contribution in [3.63, 3.8) is 0 Å². The van der Waals surface area contributed by atoms with Crippen molar-refractivity contribution < 1.29 is 9.53 Å². The highest BCUT2D eigenvalue weighted by Gasteiger charge is 1.99. The number of amides is 1. The highest BCUT2D eigenvalue weighted by molar-refractivity contribution is 5.46. The van der Waals surface area contributed by atoms with E-state index >= 15 is 0 Å². The number of hydrogen-bond donors (Lipinski definition) is 1. The van der Waals surface area contributed by atoms with E-state index in [9.17, 15) is 4.79 Å². The lowest BCUT2D eigenvalue weighted by molar-refractivity contribution is -0.110. The summed E-state index contributed by atoms with van der Waals surface area (Å²) in [5, 5.41) is 2.61. The smallest absolute Gasteiger partial charge is 0.207 e. The van der Waals surface area contributed by atoms with Gasteiger partial charge in [0, 0.05) is 0 Å². The molecule has 13 heavy (non-hydrogen) atoms. The number of nitrogens with one attached hydrogen (secondary N) is 1. The van der Waals surface area contributed by atoms with Gasteiger partial charge in [-0.25, -0.2) is 0 Å². The zero-order valence-corrected chi connectivity index (χ0v) is 7.57. The fraction of sp³-hybridized carbons (Fsp3) is 0.300. The number of hydrogen-bond acceptors (Lipinski definition) is 2. The number of rotatable bonds is 5. The van der Waals surface area contributed by atoms with Crippen LogP contribution in [0, 0.1) is 0 Å². The monoisotopic (exact) mass is 179 g/mol. The van der Waals surface area contributed by atoms with Gasteiger partial charge in [0.2, 0.25) is 6.41 Å². The lowest BCUT2D eigenvalue weighted by Gasteiger charge is -2.11. The van der Waals surface area contributed by atoms with Crippen LogP contribution in [-0.4, -0.2) is 19.1 Å². The summed E-state index contributed by atoms with van der Waals surface area (Å²) in [6, 6.07) is 9.55. The molecule has 3 nitrogen and oxygen atoms in total. The van der Waals surface area contributed by atoms with Crippen molar-refractivity contribution >= 4 is 6.41 Å². The maximum Gasteiger partial charge on any atom is 0.207 e. The summed E-state index contributed by atoms with van der Waals surface area (Å²) in [6.45, 7) is 2.38. The minimum Gasteiger partial charge on any atom is -0.491 e. The molecule has 0 aromatic heterocycles. The van der Waals surface area contributed by atoms with E-state index in [0.29, 0.717) is 13.0 Å². The zero-order chi connectivity index (χ0) is 9.52. The van der Waals surface area contributed by atoms with E-state index < -0.39 is 0 Å². The van der Waals surface area contributed by atoms with Gasteiger partial charge in [0.25, 0.3) is 0 Å². The molecule has 1 rings (SSSR count). The van der Waals surface area contributed by atoms with Crippen LogP contribution in [0.4, 0.5) is 0 Å². The molecule has 1 amide bonds. The average molecular weight is 179 g/mol. The third-order valence-corrected chi connectivity index (χ3v) is 1.60. The van der Waals surface area contributed by atoms with Gasteiger partial charge < -0.3 is 10.1 Å². The molecule has 0 unspecified atom stereocenters. The summed E-state index contributed by atoms with van der Waals surface area (Å²) in [7, 11) is 0. The van der Waals surface area contributed by atoms with E-state index in [1.165, 1.54) is 0 Å². The van der Waals surface area contributed by atoms with E-state index in [-0.39, 0.29) is 6.04 Å². The van der Waals surface area contributed by atoms with Gasteiger partial charge in [0.05, 0.1) is 6.04 Å². The van der Waals surface area contributed by atoms with Crippen LogP contribution in [0.5, 0.6) is 5.75 Å². The predicted molar refractivity (Wildman–Crippen MR) is 50.6 cm³/mol. The Bertz CT molecular complexity index is 248. The van der Waals surface area contributed by atoms with Crippen molar-refractivity contribution in [3.8, 4) is 5.75 Å². The molecule has 0 aliphatic rings. The van der Waals surface area contributed by atoms with E-state index in [1.807, 2.05) is 37.3 Å². The summed E-state index contributed by atoms with van der Waals surface area (Å²) in [6.07, 6.45) is 0.680. The molecule has 3 heteroatoms. The normalized spacial score (nSPS) is 11.8. The van der Waals surface area contributed by atoms with Crippen molar-refractivity contribution in [1.82, 2.24) is 5.32 Å². The summed E-state index contributed by atoms with van der Waals surface area (Å²) < 4.78 is 5.40. The first-order chi connectivity index (χ1) is 6.33. The Balaban J connectivity index is 2.30. The van der Waals surface area contributed by atoms with Crippen molar-refractivity contribution in [2.75, 3.05) is 6.61 Å². The highest BCUT2D eigenvalue weighted by Crippen LogP contribution is 2.08. The Hall–Kier alpha value is -1.51. The number of para-hydroxylation sites is 1. The number of ether oxygens (including phenoxy) is 1. The second-order valence-corrected chi connectivity index (χ2v) is 2.81. The molecule has 1 aromatic carbocycles. The molecule has 1 aromatic rings. The maximum absolute atomic E-state index is 10.1. The van der Waals surface area contributed by atoms with E-state index in [0.717, 1.165) is 5.75 Å². The molecule has 0 fully saturated rings. The van der Waals surface area contributed by atoms with Crippen LogP contribution >= 0.6 is 0 Å². The quantitative estimate of drug-likeness (QED) is 0.690. The van der Waals surface area contributed by atoms with Crippen LogP contribution in [0.3, 0.4) is 0 Å². The van der Waals surface area contributed by atoms with Crippen LogP contribution in [0.1, 0.15) is 6.92 Å². The van der Waals surface area contributed by atoms with Gasteiger partial charge in [-0.15, -0.1) is 0 Å². The molecule has 0 bridgehead atoms. The Labute approximate surface area is 77.7 Å². The molecular weight excluding hydrogens is 166 g/mol. The summed E-state index contributed by atoms with van der Waals surface area (Å²) in [5.74, 6) is 0.821. The van der Waals surface area contributed by atoms with Crippen LogP contribution in [-0.2, 0) is 4.79 Å². The Morgan fingerprint density at radius 1 is 1.46 bits per heavy atom. The van der Waals surface area contributed by atoms with Gasteiger partial charge in [-0.3, -0.25) is 4.79 Å². The Kier molecular flexibility index (Phi) is 3.82. The van der Waals surface area contributed by atoms with Gasteiger partial charge in [0.1, 0.15) is 12.4 Å². The van der Waals surface area contributed by atoms with E-state index in [2.05, 4.69) is 5.32 Å². The van der Waals surface area contributed by atoms with Gasteiger partial charge in [-0.05, 0) is 19.1 Å². The topological polar surface area (TPSA) is 38.3 Å². The van der Waals surface area contributed by atoms with Crippen LogP contribution in [0.2, 0.25) is 0 Å². The largest absolute Gasteiger partial charge is 0.491 e. The molecule has 0 heterocycles. The first-order valence-corrected chi connectivity index (χ1v) is 4.20. The molecule has 0 saturated carbocycles. The molecule has 70 valence electrons. The number of benzene rings is 1. The highest BCUT2D eigenvalue weighted by atomic mass is 16.5. The molecule has 0 aliphatic heterocycles. The molecule has 1 N–H and O–H groups in total. The van der Waals surface area contributed by atoms with Crippen molar-refractivity contribution in [1.29, 1.82) is 0 Å².